The lowest BCUT2D eigenvalue weighted by Gasteiger charge is -2.22. The van der Waals surface area contributed by atoms with Gasteiger partial charge in [0.1, 0.15) is 24.4 Å². The Labute approximate surface area is 247 Å². The van der Waals surface area contributed by atoms with E-state index >= 15 is 0 Å². The number of carbonyl (C=O) groups excluding carboxylic acids is 3. The topological polar surface area (TPSA) is 188 Å². The predicted octanol–water partition coefficient (Wildman–Crippen LogP) is 3.21. The number of ether oxygens (including phenoxy) is 4. The summed E-state index contributed by atoms with van der Waals surface area (Å²) in [7, 11) is 4.32. The quantitative estimate of drug-likeness (QED) is 0.0454. The molecular weight excluding hydrogens is 580 g/mol. The maximum atomic E-state index is 12.2. The van der Waals surface area contributed by atoms with E-state index in [1.165, 1.54) is 41.0 Å². The number of nitro groups is 1. The van der Waals surface area contributed by atoms with E-state index in [4.69, 9.17) is 24.1 Å². The van der Waals surface area contributed by atoms with E-state index in [0.717, 1.165) is 0 Å². The highest BCUT2D eigenvalue weighted by atomic mass is 33.1. The lowest BCUT2D eigenvalue weighted by molar-refractivity contribution is -0.385. The van der Waals surface area contributed by atoms with E-state index in [1.807, 2.05) is 20.8 Å². The van der Waals surface area contributed by atoms with Gasteiger partial charge in [0, 0.05) is 37.4 Å². The fraction of sp³-hybridized carbons (Fsp3) is 0.680. The van der Waals surface area contributed by atoms with Crippen LogP contribution in [0.1, 0.15) is 52.9 Å². The van der Waals surface area contributed by atoms with Crippen LogP contribution in [0, 0.1) is 10.1 Å². The number of nitrogens with zero attached hydrogens (tertiary/aromatic N) is 2. The van der Waals surface area contributed by atoms with Crippen molar-refractivity contribution in [1.29, 1.82) is 0 Å². The van der Waals surface area contributed by atoms with Crippen LogP contribution in [0.4, 0.5) is 10.5 Å². The van der Waals surface area contributed by atoms with E-state index in [2.05, 4.69) is 15.6 Å². The number of aliphatic hydroxyl groups is 1. The van der Waals surface area contributed by atoms with E-state index in [1.54, 1.807) is 6.07 Å². The van der Waals surface area contributed by atoms with Crippen LogP contribution in [0.5, 0.6) is 0 Å². The van der Waals surface area contributed by atoms with E-state index in [9.17, 15) is 24.5 Å². The Balaban J connectivity index is 2.12. The van der Waals surface area contributed by atoms with E-state index in [-0.39, 0.29) is 48.5 Å². The largest absolute Gasteiger partial charge is 0.508 e. The summed E-state index contributed by atoms with van der Waals surface area (Å²) in [5, 5.41) is 26.0. The summed E-state index contributed by atoms with van der Waals surface area (Å²) >= 11 is 0. The van der Waals surface area contributed by atoms with E-state index in [0.29, 0.717) is 43.8 Å². The van der Waals surface area contributed by atoms with Gasteiger partial charge in [0.05, 0.1) is 24.1 Å². The third-order valence-corrected chi connectivity index (χ3v) is 8.66. The first-order valence-electron chi connectivity index (χ1n) is 13.1. The first-order valence-corrected chi connectivity index (χ1v) is 15.2. The van der Waals surface area contributed by atoms with Gasteiger partial charge in [0.25, 0.3) is 5.69 Å². The number of rotatable bonds is 21. The molecule has 1 aromatic heterocycles. The summed E-state index contributed by atoms with van der Waals surface area (Å²) in [5.41, 5.74) is -0.0639. The summed E-state index contributed by atoms with van der Waals surface area (Å²) in [6.45, 7) is 6.02. The van der Waals surface area contributed by atoms with Crippen LogP contribution in [0.3, 0.4) is 0 Å². The smallest absolute Gasteiger partial charge is 0.434 e. The number of hydrogen-bond acceptors (Lipinski definition) is 13. The zero-order valence-corrected chi connectivity index (χ0v) is 25.4. The zero-order chi connectivity index (χ0) is 30.7. The molecule has 1 heterocycles. The maximum Gasteiger partial charge on any atom is 0.508 e. The number of methoxy groups -OCH3 is 1. The third-order valence-electron chi connectivity index (χ3n) is 5.39. The summed E-state index contributed by atoms with van der Waals surface area (Å²) < 4.78 is 20.0. The van der Waals surface area contributed by atoms with Crippen molar-refractivity contribution in [3.63, 3.8) is 0 Å². The highest BCUT2D eigenvalue weighted by Gasteiger charge is 2.21. The Morgan fingerprint density at radius 2 is 1.83 bits per heavy atom. The third kappa shape index (κ3) is 17.0. The molecule has 0 saturated carbocycles. The van der Waals surface area contributed by atoms with Gasteiger partial charge in [-0.05, 0) is 50.0 Å². The number of pyridine rings is 1. The van der Waals surface area contributed by atoms with Crippen molar-refractivity contribution in [3.8, 4) is 0 Å². The van der Waals surface area contributed by atoms with Crippen molar-refractivity contribution in [2.75, 3.05) is 40.0 Å². The number of aliphatic hydroxyl groups excluding tert-OH is 1. The molecule has 1 aromatic rings. The highest BCUT2D eigenvalue weighted by Crippen LogP contribution is 2.42. The minimum atomic E-state index is -0.966. The Bertz CT molecular complexity index is 949. The molecule has 0 saturated heterocycles. The van der Waals surface area contributed by atoms with Crippen LogP contribution >= 0.6 is 21.6 Å². The van der Waals surface area contributed by atoms with Gasteiger partial charge < -0.3 is 34.7 Å². The van der Waals surface area contributed by atoms with Gasteiger partial charge in [-0.1, -0.05) is 17.7 Å². The average molecular weight is 621 g/mol. The molecule has 0 radical (unpaired) electrons. The first-order chi connectivity index (χ1) is 19.5. The number of nitrogens with one attached hydrogen (secondary N) is 2. The summed E-state index contributed by atoms with van der Waals surface area (Å²) in [4.78, 5) is 50.1. The Morgan fingerprint density at radius 1 is 1.15 bits per heavy atom. The van der Waals surface area contributed by atoms with Gasteiger partial charge in [-0.2, -0.15) is 0 Å². The van der Waals surface area contributed by atoms with Gasteiger partial charge in [0.15, 0.2) is 6.29 Å². The molecule has 0 spiro atoms. The minimum absolute atomic E-state index is 0.0474. The predicted molar refractivity (Wildman–Crippen MR) is 153 cm³/mol. The molecule has 0 aliphatic carbocycles. The zero-order valence-electron chi connectivity index (χ0n) is 23.8. The fourth-order valence-corrected chi connectivity index (χ4v) is 5.11. The lowest BCUT2D eigenvalue weighted by Crippen LogP contribution is -2.31. The fourth-order valence-electron chi connectivity index (χ4n) is 2.91. The minimum Gasteiger partial charge on any atom is -0.434 e. The standard InChI is InChI=1S/C25H40N4O10S2/c1-5-19(16-30)39-23(36-4)17-38-24(33)37-14-10-21(32)27-13-6-12-26-20(31)9-11-25(2,3)41-40-22-8-7-18(15-28-22)29(34)35/h7-8,15,19,23,30H,5-6,9-14,16-17H2,1-4H3,(H,26,31)(H,27,32). The molecule has 16 heteroatoms. The molecule has 0 bridgehead atoms. The van der Waals surface area contributed by atoms with Gasteiger partial charge in [-0.15, -0.1) is 0 Å². The molecule has 2 unspecified atom stereocenters. The van der Waals surface area contributed by atoms with Crippen molar-refractivity contribution >= 4 is 45.2 Å². The van der Waals surface area contributed by atoms with Crippen LogP contribution in [0.25, 0.3) is 0 Å². The van der Waals surface area contributed by atoms with Crippen LogP contribution in [-0.2, 0) is 28.5 Å². The number of aromatic nitrogens is 1. The van der Waals surface area contributed by atoms with Crippen molar-refractivity contribution < 1.29 is 43.4 Å². The molecule has 0 fully saturated rings. The summed E-state index contributed by atoms with van der Waals surface area (Å²) in [5.74, 6) is -0.409. The summed E-state index contributed by atoms with van der Waals surface area (Å²) in [6.07, 6.45) is 0.955. The lowest BCUT2D eigenvalue weighted by atomic mass is 10.1. The van der Waals surface area contributed by atoms with Gasteiger partial charge >= 0.3 is 6.16 Å². The number of carbonyl (C=O) groups is 3. The molecule has 232 valence electrons. The van der Waals surface area contributed by atoms with Crippen molar-refractivity contribution in [1.82, 2.24) is 15.6 Å². The Kier molecular flexibility index (Phi) is 18.0. The SMILES string of the molecule is CCC(CO)OC(COC(=O)OCCC(=O)NCCCNC(=O)CCC(C)(C)SSc1ccc([N+](=O)[O-])cn1)OC. The second-order valence-electron chi connectivity index (χ2n) is 9.27. The maximum absolute atomic E-state index is 12.2. The van der Waals surface area contributed by atoms with Gasteiger partial charge in [-0.25, -0.2) is 9.78 Å². The Morgan fingerprint density at radius 3 is 2.39 bits per heavy atom. The molecule has 0 aliphatic heterocycles. The molecule has 14 nitrogen and oxygen atoms in total. The van der Waals surface area contributed by atoms with Gasteiger partial charge in [0.2, 0.25) is 11.8 Å². The molecule has 3 N–H and O–H groups in total. The molecule has 0 aliphatic rings. The van der Waals surface area contributed by atoms with Crippen molar-refractivity contribution in [2.24, 2.45) is 0 Å². The van der Waals surface area contributed by atoms with Crippen molar-refractivity contribution in [3.05, 3.63) is 28.4 Å². The summed E-state index contributed by atoms with van der Waals surface area (Å²) in [6, 6.07) is 3.00. The number of hydrogen-bond donors (Lipinski definition) is 3. The molecule has 1 rings (SSSR count). The molecule has 41 heavy (non-hydrogen) atoms. The van der Waals surface area contributed by atoms with Crippen LogP contribution in [0.15, 0.2) is 23.4 Å². The Hall–Kier alpha value is -2.66. The molecule has 2 atom stereocenters. The number of amides is 2. The van der Waals surface area contributed by atoms with Gasteiger partial charge in [-0.3, -0.25) is 19.7 Å². The second-order valence-corrected chi connectivity index (χ2v) is 12.1. The molecule has 2 amide bonds. The molecule has 0 aromatic carbocycles. The first kappa shape index (κ1) is 36.4. The van der Waals surface area contributed by atoms with E-state index < -0.39 is 23.5 Å². The van der Waals surface area contributed by atoms with Crippen LogP contribution < -0.4 is 10.6 Å². The molecular formula is C25H40N4O10S2. The van der Waals surface area contributed by atoms with Crippen LogP contribution in [0.2, 0.25) is 0 Å². The average Bonchev–Trinajstić information content (AvgIpc) is 2.95. The monoisotopic (exact) mass is 620 g/mol. The van der Waals surface area contributed by atoms with Crippen molar-refractivity contribution in [2.45, 2.75) is 75.0 Å². The highest BCUT2D eigenvalue weighted by molar-refractivity contribution is 8.77. The van der Waals surface area contributed by atoms with Crippen LogP contribution in [-0.4, -0.2) is 90.1 Å². The normalized spacial score (nSPS) is 12.7. The second kappa shape index (κ2) is 20.3.